The Bertz CT molecular complexity index is 598. The Morgan fingerprint density at radius 3 is 2.84 bits per heavy atom. The van der Waals surface area contributed by atoms with Gasteiger partial charge in [-0.1, -0.05) is 12.1 Å². The highest BCUT2D eigenvalue weighted by Crippen LogP contribution is 2.18. The first-order valence-electron chi connectivity index (χ1n) is 6.13. The molecule has 0 aliphatic carbocycles. The third-order valence-electron chi connectivity index (χ3n) is 3.31. The number of benzene rings is 1. The van der Waals surface area contributed by atoms with Crippen molar-refractivity contribution in [3.05, 3.63) is 35.1 Å². The summed E-state index contributed by atoms with van der Waals surface area (Å²) in [5.41, 5.74) is 0.414. The van der Waals surface area contributed by atoms with Gasteiger partial charge in [0.1, 0.15) is 5.82 Å². The van der Waals surface area contributed by atoms with Gasteiger partial charge in [0.15, 0.2) is 9.84 Å². The van der Waals surface area contributed by atoms with Gasteiger partial charge in [0, 0.05) is 6.54 Å². The molecule has 0 spiro atoms. The maximum Gasteiger partial charge on any atom is 0.254 e. The van der Waals surface area contributed by atoms with Gasteiger partial charge in [0.2, 0.25) is 0 Å². The normalized spacial score (nSPS) is 21.3. The van der Waals surface area contributed by atoms with Gasteiger partial charge < -0.3 is 5.32 Å². The van der Waals surface area contributed by atoms with Crippen molar-refractivity contribution >= 4 is 15.7 Å². The van der Waals surface area contributed by atoms with Crippen LogP contribution in [0.3, 0.4) is 0 Å². The average molecular weight is 285 g/mol. The van der Waals surface area contributed by atoms with E-state index in [9.17, 15) is 17.6 Å². The zero-order valence-electron chi connectivity index (χ0n) is 10.6. The number of amides is 1. The van der Waals surface area contributed by atoms with E-state index in [2.05, 4.69) is 5.32 Å². The molecule has 1 saturated heterocycles. The number of sulfone groups is 1. The van der Waals surface area contributed by atoms with Gasteiger partial charge in [-0.25, -0.2) is 12.8 Å². The van der Waals surface area contributed by atoms with Crippen LogP contribution in [-0.4, -0.2) is 32.4 Å². The van der Waals surface area contributed by atoms with Crippen LogP contribution in [0.1, 0.15) is 22.3 Å². The van der Waals surface area contributed by atoms with Crippen LogP contribution in [0.4, 0.5) is 4.39 Å². The van der Waals surface area contributed by atoms with Crippen LogP contribution in [0.2, 0.25) is 0 Å². The summed E-state index contributed by atoms with van der Waals surface area (Å²) >= 11 is 0. The maximum absolute atomic E-state index is 13.7. The van der Waals surface area contributed by atoms with Gasteiger partial charge in [-0.15, -0.1) is 0 Å². The highest BCUT2D eigenvalue weighted by molar-refractivity contribution is 7.91. The Labute approximate surface area is 111 Å². The van der Waals surface area contributed by atoms with Crippen molar-refractivity contribution in [2.75, 3.05) is 18.1 Å². The molecule has 104 valence electrons. The smallest absolute Gasteiger partial charge is 0.254 e. The Morgan fingerprint density at radius 1 is 1.47 bits per heavy atom. The zero-order valence-corrected chi connectivity index (χ0v) is 11.5. The minimum atomic E-state index is -2.95. The van der Waals surface area contributed by atoms with Crippen LogP contribution in [0.5, 0.6) is 0 Å². The summed E-state index contributed by atoms with van der Waals surface area (Å²) < 4.78 is 36.3. The Kier molecular flexibility index (Phi) is 3.89. The molecule has 6 heteroatoms. The Morgan fingerprint density at radius 2 is 2.21 bits per heavy atom. The van der Waals surface area contributed by atoms with E-state index in [0.29, 0.717) is 12.0 Å². The minimum absolute atomic E-state index is 0.000791. The maximum atomic E-state index is 13.7. The number of aryl methyl sites for hydroxylation is 1. The van der Waals surface area contributed by atoms with E-state index in [1.165, 1.54) is 6.07 Å². The average Bonchev–Trinajstić information content (AvgIpc) is 2.69. The molecule has 1 unspecified atom stereocenters. The largest absolute Gasteiger partial charge is 0.352 e. The molecule has 0 aromatic heterocycles. The molecular formula is C13H16FNO3S. The van der Waals surface area contributed by atoms with Crippen molar-refractivity contribution in [2.24, 2.45) is 5.92 Å². The number of carbonyl (C=O) groups excluding carboxylic acids is 1. The van der Waals surface area contributed by atoms with Crippen molar-refractivity contribution in [3.63, 3.8) is 0 Å². The van der Waals surface area contributed by atoms with Gasteiger partial charge in [0.05, 0.1) is 17.1 Å². The van der Waals surface area contributed by atoms with Crippen molar-refractivity contribution < 1.29 is 17.6 Å². The van der Waals surface area contributed by atoms with Crippen LogP contribution in [0.15, 0.2) is 18.2 Å². The van der Waals surface area contributed by atoms with Crippen LogP contribution in [0, 0.1) is 18.7 Å². The summed E-state index contributed by atoms with van der Waals surface area (Å²) in [4.78, 5) is 11.8. The van der Waals surface area contributed by atoms with Crippen molar-refractivity contribution in [3.8, 4) is 0 Å². The van der Waals surface area contributed by atoms with E-state index in [4.69, 9.17) is 0 Å². The lowest BCUT2D eigenvalue weighted by molar-refractivity contribution is 0.0944. The first kappa shape index (κ1) is 14.0. The van der Waals surface area contributed by atoms with E-state index in [-0.39, 0.29) is 29.5 Å². The van der Waals surface area contributed by atoms with Crippen LogP contribution in [-0.2, 0) is 9.84 Å². The molecule has 0 radical (unpaired) electrons. The molecule has 1 fully saturated rings. The molecule has 1 N–H and O–H groups in total. The zero-order chi connectivity index (χ0) is 14.0. The summed E-state index contributed by atoms with van der Waals surface area (Å²) in [7, 11) is -2.95. The third kappa shape index (κ3) is 3.32. The predicted molar refractivity (Wildman–Crippen MR) is 70.2 cm³/mol. The summed E-state index contributed by atoms with van der Waals surface area (Å²) in [6, 6.07) is 4.63. The van der Waals surface area contributed by atoms with Crippen LogP contribution in [0.25, 0.3) is 0 Å². The number of carbonyl (C=O) groups is 1. The minimum Gasteiger partial charge on any atom is -0.352 e. The molecular weight excluding hydrogens is 269 g/mol. The van der Waals surface area contributed by atoms with E-state index in [1.54, 1.807) is 19.1 Å². The molecule has 1 aliphatic rings. The molecule has 0 saturated carbocycles. The van der Waals surface area contributed by atoms with Gasteiger partial charge in [-0.2, -0.15) is 0 Å². The SMILES string of the molecule is Cc1cccc(C(=O)NCC2CCS(=O)(=O)C2)c1F. The second-order valence-electron chi connectivity index (χ2n) is 4.92. The lowest BCUT2D eigenvalue weighted by Crippen LogP contribution is -2.30. The van der Waals surface area contributed by atoms with Gasteiger partial charge in [0.25, 0.3) is 5.91 Å². The number of hydrogen-bond donors (Lipinski definition) is 1. The fraction of sp³-hybridized carbons (Fsp3) is 0.462. The third-order valence-corrected chi connectivity index (χ3v) is 5.15. The lowest BCUT2D eigenvalue weighted by Gasteiger charge is -2.10. The molecule has 2 rings (SSSR count). The number of halogens is 1. The second-order valence-corrected chi connectivity index (χ2v) is 7.14. The molecule has 1 amide bonds. The molecule has 1 atom stereocenters. The fourth-order valence-electron chi connectivity index (χ4n) is 2.19. The molecule has 1 aromatic rings. The highest BCUT2D eigenvalue weighted by Gasteiger charge is 2.28. The van der Waals surface area contributed by atoms with Gasteiger partial charge in [-0.3, -0.25) is 4.79 Å². The summed E-state index contributed by atoms with van der Waals surface area (Å²) in [5.74, 6) is -0.818. The van der Waals surface area contributed by atoms with Crippen molar-refractivity contribution in [2.45, 2.75) is 13.3 Å². The Hall–Kier alpha value is -1.43. The van der Waals surface area contributed by atoms with E-state index < -0.39 is 21.6 Å². The van der Waals surface area contributed by atoms with Crippen molar-refractivity contribution in [1.29, 1.82) is 0 Å². The fourth-order valence-corrected chi connectivity index (χ4v) is 4.05. The molecule has 4 nitrogen and oxygen atoms in total. The van der Waals surface area contributed by atoms with E-state index >= 15 is 0 Å². The number of nitrogens with one attached hydrogen (secondary N) is 1. The highest BCUT2D eigenvalue weighted by atomic mass is 32.2. The molecule has 1 heterocycles. The predicted octanol–water partition coefficient (Wildman–Crippen LogP) is 1.30. The van der Waals surface area contributed by atoms with Gasteiger partial charge in [-0.05, 0) is 30.9 Å². The molecule has 1 aliphatic heterocycles. The first-order chi connectivity index (χ1) is 8.89. The molecule has 19 heavy (non-hydrogen) atoms. The quantitative estimate of drug-likeness (QED) is 0.910. The first-order valence-corrected chi connectivity index (χ1v) is 7.95. The van der Waals surface area contributed by atoms with E-state index in [0.717, 1.165) is 0 Å². The van der Waals surface area contributed by atoms with Crippen LogP contribution < -0.4 is 5.32 Å². The molecule has 1 aromatic carbocycles. The second kappa shape index (κ2) is 5.28. The topological polar surface area (TPSA) is 63.2 Å². The lowest BCUT2D eigenvalue weighted by atomic mass is 10.1. The standard InChI is InChI=1S/C13H16FNO3S/c1-9-3-2-4-11(12(9)14)13(16)15-7-10-5-6-19(17,18)8-10/h2-4,10H,5-8H2,1H3,(H,15,16). The summed E-state index contributed by atoms with van der Waals surface area (Å²) in [6.45, 7) is 1.86. The number of rotatable bonds is 3. The number of hydrogen-bond acceptors (Lipinski definition) is 3. The van der Waals surface area contributed by atoms with Crippen LogP contribution >= 0.6 is 0 Å². The summed E-state index contributed by atoms with van der Waals surface area (Å²) in [5, 5.41) is 2.60. The molecule has 0 bridgehead atoms. The Balaban J connectivity index is 1.97. The van der Waals surface area contributed by atoms with Gasteiger partial charge >= 0.3 is 0 Å². The monoisotopic (exact) mass is 285 g/mol. The van der Waals surface area contributed by atoms with Crippen molar-refractivity contribution in [1.82, 2.24) is 5.32 Å². The van der Waals surface area contributed by atoms with E-state index in [1.807, 2.05) is 0 Å². The summed E-state index contributed by atoms with van der Waals surface area (Å²) in [6.07, 6.45) is 0.554.